The summed E-state index contributed by atoms with van der Waals surface area (Å²) in [5.74, 6) is 0.487. The fourth-order valence-corrected chi connectivity index (χ4v) is 3.37. The molecule has 1 fully saturated rings. The summed E-state index contributed by atoms with van der Waals surface area (Å²) < 4.78 is 10.5. The molecule has 0 unspecified atom stereocenters. The van der Waals surface area contributed by atoms with Crippen molar-refractivity contribution in [2.24, 2.45) is 5.92 Å². The van der Waals surface area contributed by atoms with Gasteiger partial charge in [-0.25, -0.2) is 0 Å². The van der Waals surface area contributed by atoms with E-state index >= 15 is 0 Å². The Bertz CT molecular complexity index is 878. The van der Waals surface area contributed by atoms with Crippen LogP contribution in [-0.2, 0) is 9.59 Å². The van der Waals surface area contributed by atoms with Gasteiger partial charge in [0, 0.05) is 24.7 Å². The SMILES string of the molecule is COc1ccc(OC)c(NC(=O)[C@H]2CC(=O)N(c3ccc(C)cc3C)C2)c1. The molecular formula is C21H24N2O4. The first-order valence-corrected chi connectivity index (χ1v) is 8.83. The van der Waals surface area contributed by atoms with E-state index in [9.17, 15) is 9.59 Å². The average molecular weight is 368 g/mol. The van der Waals surface area contributed by atoms with Crippen molar-refractivity contribution in [3.05, 3.63) is 47.5 Å². The van der Waals surface area contributed by atoms with E-state index in [2.05, 4.69) is 5.32 Å². The second-order valence-electron chi connectivity index (χ2n) is 6.75. The molecule has 2 aromatic rings. The molecule has 0 radical (unpaired) electrons. The fourth-order valence-electron chi connectivity index (χ4n) is 3.37. The van der Waals surface area contributed by atoms with E-state index in [1.807, 2.05) is 32.0 Å². The van der Waals surface area contributed by atoms with Crippen LogP contribution in [0.5, 0.6) is 11.5 Å². The van der Waals surface area contributed by atoms with Crippen molar-refractivity contribution >= 4 is 23.2 Å². The summed E-state index contributed by atoms with van der Waals surface area (Å²) in [5.41, 5.74) is 3.56. The second kappa shape index (κ2) is 7.70. The van der Waals surface area contributed by atoms with Gasteiger partial charge < -0.3 is 19.7 Å². The van der Waals surface area contributed by atoms with Crippen molar-refractivity contribution in [1.29, 1.82) is 0 Å². The van der Waals surface area contributed by atoms with E-state index in [-0.39, 0.29) is 18.2 Å². The number of hydrogen-bond acceptors (Lipinski definition) is 4. The number of nitrogens with zero attached hydrogens (tertiary/aromatic N) is 1. The number of carbonyl (C=O) groups is 2. The lowest BCUT2D eigenvalue weighted by atomic mass is 10.1. The molecule has 6 nitrogen and oxygen atoms in total. The first-order chi connectivity index (χ1) is 12.9. The molecule has 1 aliphatic rings. The lowest BCUT2D eigenvalue weighted by molar-refractivity contribution is -0.122. The summed E-state index contributed by atoms with van der Waals surface area (Å²) in [6.45, 7) is 4.35. The summed E-state index contributed by atoms with van der Waals surface area (Å²) >= 11 is 0. The maximum atomic E-state index is 12.8. The molecule has 1 aliphatic heterocycles. The minimum Gasteiger partial charge on any atom is -0.497 e. The Labute approximate surface area is 159 Å². The zero-order valence-corrected chi connectivity index (χ0v) is 16.0. The minimum atomic E-state index is -0.422. The maximum Gasteiger partial charge on any atom is 0.229 e. The zero-order valence-electron chi connectivity index (χ0n) is 16.0. The highest BCUT2D eigenvalue weighted by Crippen LogP contribution is 2.32. The molecular weight excluding hydrogens is 344 g/mol. The molecule has 2 aromatic carbocycles. The lowest BCUT2D eigenvalue weighted by Gasteiger charge is -2.19. The molecule has 142 valence electrons. The summed E-state index contributed by atoms with van der Waals surface area (Å²) in [6, 6.07) is 11.1. The van der Waals surface area contributed by atoms with Crippen molar-refractivity contribution < 1.29 is 19.1 Å². The summed E-state index contributed by atoms with van der Waals surface area (Å²) in [7, 11) is 3.10. The van der Waals surface area contributed by atoms with E-state index in [4.69, 9.17) is 9.47 Å². The number of benzene rings is 2. The van der Waals surface area contributed by atoms with Gasteiger partial charge in [0.05, 0.1) is 25.8 Å². The quantitative estimate of drug-likeness (QED) is 0.879. The Hall–Kier alpha value is -3.02. The summed E-state index contributed by atoms with van der Waals surface area (Å²) in [6.07, 6.45) is 0.186. The number of aryl methyl sites for hydroxylation is 2. The first kappa shape index (κ1) is 18.8. The van der Waals surface area contributed by atoms with Crippen molar-refractivity contribution in [2.45, 2.75) is 20.3 Å². The van der Waals surface area contributed by atoms with Gasteiger partial charge in [-0.2, -0.15) is 0 Å². The Morgan fingerprint density at radius 1 is 1.11 bits per heavy atom. The van der Waals surface area contributed by atoms with Gasteiger partial charge in [-0.05, 0) is 37.6 Å². The normalized spacial score (nSPS) is 16.4. The van der Waals surface area contributed by atoms with Gasteiger partial charge in [-0.3, -0.25) is 9.59 Å². The third-order valence-electron chi connectivity index (χ3n) is 4.80. The van der Waals surface area contributed by atoms with Crippen LogP contribution in [0.2, 0.25) is 0 Å². The molecule has 0 aliphatic carbocycles. The molecule has 0 saturated carbocycles. The molecule has 3 rings (SSSR count). The number of methoxy groups -OCH3 is 2. The number of hydrogen-bond donors (Lipinski definition) is 1. The predicted molar refractivity (Wildman–Crippen MR) is 105 cm³/mol. The van der Waals surface area contributed by atoms with Gasteiger partial charge >= 0.3 is 0 Å². The number of ether oxygens (including phenoxy) is 2. The molecule has 2 amide bonds. The van der Waals surface area contributed by atoms with E-state index < -0.39 is 5.92 Å². The number of nitrogens with one attached hydrogen (secondary N) is 1. The van der Waals surface area contributed by atoms with Crippen LogP contribution in [0.4, 0.5) is 11.4 Å². The maximum absolute atomic E-state index is 12.8. The lowest BCUT2D eigenvalue weighted by Crippen LogP contribution is -2.28. The van der Waals surface area contributed by atoms with Crippen LogP contribution >= 0.6 is 0 Å². The predicted octanol–water partition coefficient (Wildman–Crippen LogP) is 3.31. The van der Waals surface area contributed by atoms with Crippen LogP contribution in [0.25, 0.3) is 0 Å². The standard InChI is InChI=1S/C21H24N2O4/c1-13-5-7-18(14(2)9-13)23-12-15(10-20(23)24)21(25)22-17-11-16(26-3)6-8-19(17)27-4/h5-9,11,15H,10,12H2,1-4H3,(H,22,25)/t15-/m0/s1. The number of rotatable bonds is 5. The monoisotopic (exact) mass is 368 g/mol. The van der Waals surface area contributed by atoms with Crippen molar-refractivity contribution in [2.75, 3.05) is 31.0 Å². The van der Waals surface area contributed by atoms with Crippen molar-refractivity contribution in [3.63, 3.8) is 0 Å². The van der Waals surface area contributed by atoms with Gasteiger partial charge in [0.15, 0.2) is 0 Å². The molecule has 6 heteroatoms. The first-order valence-electron chi connectivity index (χ1n) is 8.83. The molecule has 0 aromatic heterocycles. The van der Waals surface area contributed by atoms with Crippen LogP contribution in [0.3, 0.4) is 0 Å². The third-order valence-corrected chi connectivity index (χ3v) is 4.80. The highest BCUT2D eigenvalue weighted by Gasteiger charge is 2.36. The summed E-state index contributed by atoms with van der Waals surface area (Å²) in [4.78, 5) is 27.0. The summed E-state index contributed by atoms with van der Waals surface area (Å²) in [5, 5.41) is 2.87. The molecule has 1 heterocycles. The highest BCUT2D eigenvalue weighted by atomic mass is 16.5. The number of carbonyl (C=O) groups excluding carboxylic acids is 2. The Morgan fingerprint density at radius 3 is 2.56 bits per heavy atom. The molecule has 1 atom stereocenters. The van der Waals surface area contributed by atoms with E-state index in [1.54, 1.807) is 37.3 Å². The third kappa shape index (κ3) is 3.89. The minimum absolute atomic E-state index is 0.0419. The molecule has 1 saturated heterocycles. The highest BCUT2D eigenvalue weighted by molar-refractivity contribution is 6.04. The second-order valence-corrected chi connectivity index (χ2v) is 6.75. The zero-order chi connectivity index (χ0) is 19.6. The van der Waals surface area contributed by atoms with E-state index in [0.29, 0.717) is 23.7 Å². The van der Waals surface area contributed by atoms with Gasteiger partial charge in [-0.1, -0.05) is 17.7 Å². The average Bonchev–Trinajstić information content (AvgIpc) is 3.03. The van der Waals surface area contributed by atoms with Crippen LogP contribution in [0.15, 0.2) is 36.4 Å². The number of anilines is 2. The van der Waals surface area contributed by atoms with Crippen molar-refractivity contribution in [3.8, 4) is 11.5 Å². The van der Waals surface area contributed by atoms with Crippen LogP contribution in [0, 0.1) is 19.8 Å². The fraction of sp³-hybridized carbons (Fsp3) is 0.333. The van der Waals surface area contributed by atoms with E-state index in [0.717, 1.165) is 16.8 Å². The Balaban J connectivity index is 1.76. The van der Waals surface area contributed by atoms with Crippen LogP contribution in [0.1, 0.15) is 17.5 Å². The largest absolute Gasteiger partial charge is 0.497 e. The van der Waals surface area contributed by atoms with E-state index in [1.165, 1.54) is 0 Å². The van der Waals surface area contributed by atoms with Gasteiger partial charge in [0.1, 0.15) is 11.5 Å². The van der Waals surface area contributed by atoms with Gasteiger partial charge in [-0.15, -0.1) is 0 Å². The smallest absolute Gasteiger partial charge is 0.229 e. The topological polar surface area (TPSA) is 67.9 Å². The molecule has 1 N–H and O–H groups in total. The van der Waals surface area contributed by atoms with Crippen molar-refractivity contribution in [1.82, 2.24) is 0 Å². The van der Waals surface area contributed by atoms with Gasteiger partial charge in [0.2, 0.25) is 11.8 Å². The molecule has 0 bridgehead atoms. The molecule has 0 spiro atoms. The Morgan fingerprint density at radius 2 is 1.89 bits per heavy atom. The number of amides is 2. The Kier molecular flexibility index (Phi) is 5.35. The van der Waals surface area contributed by atoms with Crippen LogP contribution in [-0.4, -0.2) is 32.6 Å². The van der Waals surface area contributed by atoms with Gasteiger partial charge in [0.25, 0.3) is 0 Å². The van der Waals surface area contributed by atoms with Crippen LogP contribution < -0.4 is 19.7 Å². The molecule has 27 heavy (non-hydrogen) atoms.